The molecule has 1 amide bonds. The molecule has 2 rings (SSSR count). The SMILES string of the molecule is CCO/C=C/C(=O)Nc1ccc2oc(C(=O)OCC)cc2c1Br. The van der Waals surface area contributed by atoms with Crippen LogP contribution < -0.4 is 5.32 Å². The van der Waals surface area contributed by atoms with E-state index >= 15 is 0 Å². The van der Waals surface area contributed by atoms with Crippen molar-refractivity contribution in [3.63, 3.8) is 0 Å². The molecule has 1 aromatic heterocycles. The molecule has 0 spiro atoms. The highest BCUT2D eigenvalue weighted by molar-refractivity contribution is 9.10. The first kappa shape index (κ1) is 17.1. The Bertz CT molecular complexity index is 750. The van der Waals surface area contributed by atoms with Crippen LogP contribution in [0.3, 0.4) is 0 Å². The molecular formula is C16H16BrNO5. The maximum Gasteiger partial charge on any atom is 0.374 e. The Balaban J connectivity index is 2.24. The molecule has 1 heterocycles. The normalized spacial score (nSPS) is 10.9. The highest BCUT2D eigenvalue weighted by Gasteiger charge is 2.16. The summed E-state index contributed by atoms with van der Waals surface area (Å²) in [6.07, 6.45) is 2.62. The molecule has 0 aliphatic carbocycles. The van der Waals surface area contributed by atoms with Crippen LogP contribution in [-0.4, -0.2) is 25.1 Å². The van der Waals surface area contributed by atoms with Gasteiger partial charge in [-0.1, -0.05) is 0 Å². The number of halogens is 1. The Morgan fingerprint density at radius 1 is 1.30 bits per heavy atom. The number of nitrogens with one attached hydrogen (secondary N) is 1. The minimum Gasteiger partial charge on any atom is -0.501 e. The van der Waals surface area contributed by atoms with Gasteiger partial charge in [0.2, 0.25) is 5.76 Å². The lowest BCUT2D eigenvalue weighted by atomic mass is 10.2. The summed E-state index contributed by atoms with van der Waals surface area (Å²) in [6.45, 7) is 4.31. The van der Waals surface area contributed by atoms with Gasteiger partial charge in [0.15, 0.2) is 0 Å². The maximum absolute atomic E-state index is 11.8. The number of furan rings is 1. The van der Waals surface area contributed by atoms with E-state index in [1.54, 1.807) is 25.1 Å². The maximum atomic E-state index is 11.8. The number of fused-ring (bicyclic) bond motifs is 1. The number of ether oxygens (including phenoxy) is 2. The van der Waals surface area contributed by atoms with Crippen LogP contribution in [0, 0.1) is 0 Å². The average Bonchev–Trinajstić information content (AvgIpc) is 2.96. The number of carbonyl (C=O) groups is 2. The molecule has 6 nitrogen and oxygen atoms in total. The molecule has 1 N–H and O–H groups in total. The molecule has 0 saturated heterocycles. The third kappa shape index (κ3) is 4.13. The van der Waals surface area contributed by atoms with Crippen LogP contribution in [0.4, 0.5) is 5.69 Å². The van der Waals surface area contributed by atoms with Crippen molar-refractivity contribution in [1.82, 2.24) is 0 Å². The molecule has 0 saturated carbocycles. The summed E-state index contributed by atoms with van der Waals surface area (Å²) in [5.74, 6) is -0.740. The van der Waals surface area contributed by atoms with E-state index in [1.165, 1.54) is 12.3 Å². The third-order valence-electron chi connectivity index (χ3n) is 2.85. The topological polar surface area (TPSA) is 77.8 Å². The van der Waals surface area contributed by atoms with Crippen molar-refractivity contribution in [3.05, 3.63) is 40.8 Å². The van der Waals surface area contributed by atoms with Crippen molar-refractivity contribution in [2.45, 2.75) is 13.8 Å². The number of amides is 1. The van der Waals surface area contributed by atoms with Crippen molar-refractivity contribution in [3.8, 4) is 0 Å². The first-order valence-corrected chi connectivity index (χ1v) is 7.84. The summed E-state index contributed by atoms with van der Waals surface area (Å²) in [4.78, 5) is 23.5. The molecule has 0 radical (unpaired) electrons. The predicted octanol–water partition coefficient (Wildman–Crippen LogP) is 3.86. The van der Waals surface area contributed by atoms with Gasteiger partial charge in [-0.15, -0.1) is 0 Å². The van der Waals surface area contributed by atoms with E-state index in [2.05, 4.69) is 21.2 Å². The third-order valence-corrected chi connectivity index (χ3v) is 3.71. The summed E-state index contributed by atoms with van der Waals surface area (Å²) in [6, 6.07) is 4.92. The highest BCUT2D eigenvalue weighted by atomic mass is 79.9. The zero-order valence-corrected chi connectivity index (χ0v) is 14.3. The van der Waals surface area contributed by atoms with Crippen LogP contribution in [0.2, 0.25) is 0 Å². The summed E-state index contributed by atoms with van der Waals surface area (Å²) in [5, 5.41) is 3.38. The van der Waals surface area contributed by atoms with Gasteiger partial charge >= 0.3 is 5.97 Å². The number of carbonyl (C=O) groups excluding carboxylic acids is 2. The van der Waals surface area contributed by atoms with Crippen LogP contribution in [0.25, 0.3) is 11.0 Å². The standard InChI is InChI=1S/C16H16BrNO5/c1-3-21-8-7-14(19)18-11-5-6-12-10(15(11)17)9-13(23-12)16(20)22-4-2/h5-9H,3-4H2,1-2H3,(H,18,19)/b8-7+. The second-order valence-corrected chi connectivity index (χ2v) is 5.21. The Morgan fingerprint density at radius 3 is 2.78 bits per heavy atom. The zero-order chi connectivity index (χ0) is 16.8. The largest absolute Gasteiger partial charge is 0.501 e. The lowest BCUT2D eigenvalue weighted by Crippen LogP contribution is -2.08. The van der Waals surface area contributed by atoms with Gasteiger partial charge in [-0.25, -0.2) is 4.79 Å². The quantitative estimate of drug-likeness (QED) is 0.466. The first-order chi connectivity index (χ1) is 11.1. The van der Waals surface area contributed by atoms with E-state index in [0.717, 1.165) is 0 Å². The van der Waals surface area contributed by atoms with Crippen LogP contribution in [0.15, 0.2) is 39.4 Å². The zero-order valence-electron chi connectivity index (χ0n) is 12.7. The fourth-order valence-corrected chi connectivity index (χ4v) is 2.40. The molecule has 7 heteroatoms. The molecule has 23 heavy (non-hydrogen) atoms. The second kappa shape index (κ2) is 7.82. The summed E-state index contributed by atoms with van der Waals surface area (Å²) in [5.41, 5.74) is 1.07. The number of hydrogen-bond acceptors (Lipinski definition) is 5. The molecule has 2 aromatic rings. The number of benzene rings is 1. The van der Waals surface area contributed by atoms with E-state index in [9.17, 15) is 9.59 Å². The van der Waals surface area contributed by atoms with Crippen molar-refractivity contribution < 1.29 is 23.5 Å². The molecule has 122 valence electrons. The van der Waals surface area contributed by atoms with Gasteiger partial charge in [-0.2, -0.15) is 0 Å². The van der Waals surface area contributed by atoms with Gasteiger partial charge in [0.05, 0.1) is 29.6 Å². The Labute approximate surface area is 141 Å². The Kier molecular flexibility index (Phi) is 5.81. The molecule has 0 unspecified atom stereocenters. The van der Waals surface area contributed by atoms with E-state index in [0.29, 0.717) is 27.7 Å². The predicted molar refractivity (Wildman–Crippen MR) is 89.3 cm³/mol. The second-order valence-electron chi connectivity index (χ2n) is 4.42. The van der Waals surface area contributed by atoms with Crippen molar-refractivity contribution in [2.24, 2.45) is 0 Å². The minimum absolute atomic E-state index is 0.113. The molecule has 0 fully saturated rings. The van der Waals surface area contributed by atoms with E-state index in [4.69, 9.17) is 13.9 Å². The monoisotopic (exact) mass is 381 g/mol. The van der Waals surface area contributed by atoms with Gasteiger partial charge in [-0.05, 0) is 41.9 Å². The van der Waals surface area contributed by atoms with Crippen LogP contribution in [0.5, 0.6) is 0 Å². The van der Waals surface area contributed by atoms with E-state index in [-0.39, 0.29) is 18.3 Å². The number of hydrogen-bond donors (Lipinski definition) is 1. The number of esters is 1. The van der Waals surface area contributed by atoms with Crippen molar-refractivity contribution in [2.75, 3.05) is 18.5 Å². The highest BCUT2D eigenvalue weighted by Crippen LogP contribution is 2.33. The smallest absolute Gasteiger partial charge is 0.374 e. The van der Waals surface area contributed by atoms with Crippen LogP contribution in [-0.2, 0) is 14.3 Å². The fourth-order valence-electron chi connectivity index (χ4n) is 1.86. The molecular weight excluding hydrogens is 366 g/mol. The van der Waals surface area contributed by atoms with E-state index in [1.807, 2.05) is 6.92 Å². The summed E-state index contributed by atoms with van der Waals surface area (Å²) < 4.78 is 16.0. The molecule has 0 aliphatic rings. The Morgan fingerprint density at radius 2 is 2.09 bits per heavy atom. The van der Waals surface area contributed by atoms with Crippen molar-refractivity contribution >= 4 is 44.5 Å². The molecule has 0 aliphatic heterocycles. The lowest BCUT2D eigenvalue weighted by Gasteiger charge is -2.05. The first-order valence-electron chi connectivity index (χ1n) is 7.05. The van der Waals surface area contributed by atoms with Gasteiger partial charge < -0.3 is 19.2 Å². The van der Waals surface area contributed by atoms with E-state index < -0.39 is 5.97 Å². The van der Waals surface area contributed by atoms with Gasteiger partial charge in [0.1, 0.15) is 5.58 Å². The molecule has 1 aromatic carbocycles. The molecule has 0 atom stereocenters. The van der Waals surface area contributed by atoms with Crippen molar-refractivity contribution in [1.29, 1.82) is 0 Å². The minimum atomic E-state index is -0.527. The Hall–Kier alpha value is -2.28. The van der Waals surface area contributed by atoms with Gasteiger partial charge in [0.25, 0.3) is 5.91 Å². The summed E-state index contributed by atoms with van der Waals surface area (Å²) >= 11 is 3.41. The van der Waals surface area contributed by atoms with Gasteiger partial charge in [0, 0.05) is 17.5 Å². The molecule has 0 bridgehead atoms. The average molecular weight is 382 g/mol. The fraction of sp³-hybridized carbons (Fsp3) is 0.250. The van der Waals surface area contributed by atoms with Crippen LogP contribution in [0.1, 0.15) is 24.4 Å². The number of rotatable bonds is 6. The van der Waals surface area contributed by atoms with Crippen LogP contribution >= 0.6 is 15.9 Å². The number of anilines is 1. The summed E-state index contributed by atoms with van der Waals surface area (Å²) in [7, 11) is 0. The van der Waals surface area contributed by atoms with Gasteiger partial charge in [-0.3, -0.25) is 4.79 Å². The lowest BCUT2D eigenvalue weighted by molar-refractivity contribution is -0.112.